The van der Waals surface area contributed by atoms with E-state index in [4.69, 9.17) is 9.47 Å². The van der Waals surface area contributed by atoms with Gasteiger partial charge in [-0.1, -0.05) is 19.9 Å². The van der Waals surface area contributed by atoms with E-state index < -0.39 is 0 Å². The van der Waals surface area contributed by atoms with Crippen LogP contribution >= 0.6 is 0 Å². The van der Waals surface area contributed by atoms with E-state index in [1.807, 2.05) is 6.07 Å². The summed E-state index contributed by atoms with van der Waals surface area (Å²) in [6.45, 7) is 7.81. The van der Waals surface area contributed by atoms with Gasteiger partial charge in [-0.25, -0.2) is 0 Å². The van der Waals surface area contributed by atoms with Gasteiger partial charge in [0.15, 0.2) is 11.5 Å². The van der Waals surface area contributed by atoms with Gasteiger partial charge in [0.1, 0.15) is 0 Å². The van der Waals surface area contributed by atoms with Gasteiger partial charge in [-0.15, -0.1) is 0 Å². The molecule has 4 heteroatoms. The molecule has 1 N–H and O–H groups in total. The molecule has 23 heavy (non-hydrogen) atoms. The van der Waals surface area contributed by atoms with Crippen molar-refractivity contribution < 1.29 is 9.47 Å². The lowest BCUT2D eigenvalue weighted by Crippen LogP contribution is -2.42. The fourth-order valence-corrected chi connectivity index (χ4v) is 2.79. The van der Waals surface area contributed by atoms with Crippen molar-refractivity contribution in [2.75, 3.05) is 34.9 Å². The Balaban J connectivity index is 2.57. The Morgan fingerprint density at radius 1 is 1.04 bits per heavy atom. The van der Waals surface area contributed by atoms with E-state index in [1.54, 1.807) is 14.2 Å². The van der Waals surface area contributed by atoms with Gasteiger partial charge in [0, 0.05) is 18.6 Å². The molecular formula is C19H34N2O2. The number of hydrogen-bond acceptors (Lipinski definition) is 4. The number of likely N-dealkylation sites (N-methyl/N-ethyl adjacent to an activating group) is 1. The molecule has 0 saturated heterocycles. The number of ether oxygens (including phenoxy) is 2. The first-order valence-corrected chi connectivity index (χ1v) is 8.48. The van der Waals surface area contributed by atoms with E-state index in [2.05, 4.69) is 57.2 Å². The van der Waals surface area contributed by atoms with Gasteiger partial charge in [-0.2, -0.15) is 0 Å². The summed E-state index contributed by atoms with van der Waals surface area (Å²) in [7, 11) is 7.66. The minimum Gasteiger partial charge on any atom is -0.493 e. The van der Waals surface area contributed by atoms with Crippen LogP contribution in [0.2, 0.25) is 0 Å². The van der Waals surface area contributed by atoms with E-state index >= 15 is 0 Å². The molecular weight excluding hydrogens is 288 g/mol. The summed E-state index contributed by atoms with van der Waals surface area (Å²) in [6.07, 6.45) is 2.19. The first kappa shape index (κ1) is 19.8. The molecule has 2 unspecified atom stereocenters. The highest BCUT2D eigenvalue weighted by Crippen LogP contribution is 2.27. The van der Waals surface area contributed by atoms with Crippen LogP contribution in [0.5, 0.6) is 11.5 Å². The lowest BCUT2D eigenvalue weighted by atomic mass is 10.0. The Hall–Kier alpha value is -1.26. The third-order valence-corrected chi connectivity index (χ3v) is 4.17. The summed E-state index contributed by atoms with van der Waals surface area (Å²) in [6, 6.07) is 7.14. The van der Waals surface area contributed by atoms with Crippen molar-refractivity contribution in [1.82, 2.24) is 10.2 Å². The maximum atomic E-state index is 5.38. The van der Waals surface area contributed by atoms with E-state index in [9.17, 15) is 0 Å². The number of hydrogen-bond donors (Lipinski definition) is 1. The number of rotatable bonds is 10. The van der Waals surface area contributed by atoms with Crippen LogP contribution in [-0.2, 0) is 6.42 Å². The van der Waals surface area contributed by atoms with Crippen molar-refractivity contribution in [1.29, 1.82) is 0 Å². The SMILES string of the molecule is COc1ccc(CC(C)NCC(CC(C)C)N(C)C)cc1OC. The second kappa shape index (κ2) is 9.78. The fraction of sp³-hybridized carbons (Fsp3) is 0.684. The molecule has 0 amide bonds. The zero-order valence-corrected chi connectivity index (χ0v) is 15.8. The van der Waals surface area contributed by atoms with Gasteiger partial charge in [-0.3, -0.25) is 0 Å². The van der Waals surface area contributed by atoms with Gasteiger partial charge in [0.25, 0.3) is 0 Å². The lowest BCUT2D eigenvalue weighted by Gasteiger charge is -2.28. The predicted octanol–water partition coefficient (Wildman–Crippen LogP) is 3.20. The van der Waals surface area contributed by atoms with Gasteiger partial charge in [0.05, 0.1) is 14.2 Å². The summed E-state index contributed by atoms with van der Waals surface area (Å²) in [5.74, 6) is 2.29. The molecule has 2 atom stereocenters. The van der Waals surface area contributed by atoms with Crippen LogP contribution in [-0.4, -0.2) is 51.8 Å². The van der Waals surface area contributed by atoms with Crippen LogP contribution in [0.1, 0.15) is 32.8 Å². The summed E-state index contributed by atoms with van der Waals surface area (Å²) in [5.41, 5.74) is 1.26. The van der Waals surface area contributed by atoms with Crippen molar-refractivity contribution in [3.05, 3.63) is 23.8 Å². The van der Waals surface area contributed by atoms with Crippen LogP contribution < -0.4 is 14.8 Å². The monoisotopic (exact) mass is 322 g/mol. The molecule has 1 aromatic carbocycles. The minimum atomic E-state index is 0.419. The molecule has 132 valence electrons. The Morgan fingerprint density at radius 3 is 2.22 bits per heavy atom. The summed E-state index contributed by atoms with van der Waals surface area (Å²) in [5, 5.41) is 3.67. The zero-order chi connectivity index (χ0) is 17.4. The van der Waals surface area contributed by atoms with E-state index in [-0.39, 0.29) is 0 Å². The highest BCUT2D eigenvalue weighted by Gasteiger charge is 2.15. The maximum absolute atomic E-state index is 5.38. The number of nitrogens with one attached hydrogen (secondary N) is 1. The smallest absolute Gasteiger partial charge is 0.160 e. The average Bonchev–Trinajstić information content (AvgIpc) is 2.50. The van der Waals surface area contributed by atoms with Crippen molar-refractivity contribution in [3.63, 3.8) is 0 Å². The molecule has 0 spiro atoms. The normalized spacial score (nSPS) is 14.1. The van der Waals surface area contributed by atoms with E-state index in [0.29, 0.717) is 18.0 Å². The lowest BCUT2D eigenvalue weighted by molar-refractivity contribution is 0.241. The largest absolute Gasteiger partial charge is 0.493 e. The van der Waals surface area contributed by atoms with Crippen LogP contribution in [0.4, 0.5) is 0 Å². The maximum Gasteiger partial charge on any atom is 0.160 e. The van der Waals surface area contributed by atoms with Crippen LogP contribution in [0, 0.1) is 5.92 Å². The fourth-order valence-electron chi connectivity index (χ4n) is 2.79. The van der Waals surface area contributed by atoms with E-state index in [0.717, 1.165) is 24.5 Å². The highest BCUT2D eigenvalue weighted by molar-refractivity contribution is 5.43. The molecule has 0 aliphatic heterocycles. The first-order valence-electron chi connectivity index (χ1n) is 8.48. The first-order chi connectivity index (χ1) is 10.9. The third-order valence-electron chi connectivity index (χ3n) is 4.17. The van der Waals surface area contributed by atoms with Gasteiger partial charge < -0.3 is 19.7 Å². The highest BCUT2D eigenvalue weighted by atomic mass is 16.5. The van der Waals surface area contributed by atoms with Crippen molar-refractivity contribution >= 4 is 0 Å². The Morgan fingerprint density at radius 2 is 1.70 bits per heavy atom. The van der Waals surface area contributed by atoms with Gasteiger partial charge >= 0.3 is 0 Å². The van der Waals surface area contributed by atoms with Crippen LogP contribution in [0.3, 0.4) is 0 Å². The van der Waals surface area contributed by atoms with Crippen molar-refractivity contribution in [2.45, 2.75) is 45.7 Å². The molecule has 0 fully saturated rings. The minimum absolute atomic E-state index is 0.419. The average molecular weight is 322 g/mol. The molecule has 0 saturated carbocycles. The number of benzene rings is 1. The Bertz CT molecular complexity index is 461. The Labute approximate surface area is 142 Å². The second-order valence-corrected chi connectivity index (χ2v) is 6.95. The quantitative estimate of drug-likeness (QED) is 0.717. The standard InChI is InChI=1S/C19H34N2O2/c1-14(2)10-17(21(4)5)13-20-15(3)11-16-8-9-18(22-6)19(12-16)23-7/h8-9,12,14-15,17,20H,10-11,13H2,1-7H3. The topological polar surface area (TPSA) is 33.7 Å². The van der Waals surface area contributed by atoms with Gasteiger partial charge in [-0.05, 0) is 57.5 Å². The molecule has 1 rings (SSSR count). The van der Waals surface area contributed by atoms with E-state index in [1.165, 1.54) is 12.0 Å². The molecule has 0 aliphatic carbocycles. The number of nitrogens with zero attached hydrogens (tertiary/aromatic N) is 1. The number of methoxy groups -OCH3 is 2. The van der Waals surface area contributed by atoms with Crippen LogP contribution in [0.15, 0.2) is 18.2 Å². The Kier molecular flexibility index (Phi) is 8.42. The second-order valence-electron chi connectivity index (χ2n) is 6.95. The van der Waals surface area contributed by atoms with Crippen molar-refractivity contribution in [3.8, 4) is 11.5 Å². The van der Waals surface area contributed by atoms with Crippen molar-refractivity contribution in [2.24, 2.45) is 5.92 Å². The summed E-state index contributed by atoms with van der Waals surface area (Å²) in [4.78, 5) is 2.32. The molecule has 1 aromatic rings. The molecule has 0 radical (unpaired) electrons. The third kappa shape index (κ3) is 6.80. The molecule has 4 nitrogen and oxygen atoms in total. The summed E-state index contributed by atoms with van der Waals surface area (Å²) < 4.78 is 10.7. The van der Waals surface area contributed by atoms with Gasteiger partial charge in [0.2, 0.25) is 0 Å². The molecule has 0 heterocycles. The van der Waals surface area contributed by atoms with Crippen LogP contribution in [0.25, 0.3) is 0 Å². The summed E-state index contributed by atoms with van der Waals surface area (Å²) >= 11 is 0. The zero-order valence-electron chi connectivity index (χ0n) is 15.8. The molecule has 0 bridgehead atoms. The molecule has 0 aliphatic rings. The predicted molar refractivity (Wildman–Crippen MR) is 97.6 cm³/mol. The molecule has 0 aromatic heterocycles.